The molecular formula is C25H25FN2O5S. The minimum absolute atomic E-state index is 0.0200. The van der Waals surface area contributed by atoms with Crippen molar-refractivity contribution in [2.75, 3.05) is 31.6 Å². The zero-order chi connectivity index (χ0) is 24.0. The van der Waals surface area contributed by atoms with Gasteiger partial charge in [-0.2, -0.15) is 4.31 Å². The van der Waals surface area contributed by atoms with Crippen LogP contribution in [0.1, 0.15) is 12.0 Å². The Hall–Kier alpha value is -3.27. The van der Waals surface area contributed by atoms with Crippen molar-refractivity contribution < 1.29 is 27.1 Å². The highest BCUT2D eigenvalue weighted by Crippen LogP contribution is 2.33. The molecule has 1 N–H and O–H groups in total. The second kappa shape index (κ2) is 10.8. The second-order valence-electron chi connectivity index (χ2n) is 7.73. The highest BCUT2D eigenvalue weighted by molar-refractivity contribution is 7.89. The summed E-state index contributed by atoms with van der Waals surface area (Å²) in [5.41, 5.74) is 0.652. The van der Waals surface area contributed by atoms with E-state index in [2.05, 4.69) is 5.32 Å². The molecule has 1 amide bonds. The summed E-state index contributed by atoms with van der Waals surface area (Å²) in [5.74, 6) is 0.0728. The minimum atomic E-state index is -3.77. The smallest absolute Gasteiger partial charge is 0.243 e. The van der Waals surface area contributed by atoms with Gasteiger partial charge in [0.2, 0.25) is 15.9 Å². The molecule has 4 rings (SSSR count). The van der Waals surface area contributed by atoms with Gasteiger partial charge < -0.3 is 14.8 Å². The molecule has 1 aliphatic heterocycles. The van der Waals surface area contributed by atoms with Crippen molar-refractivity contribution in [1.29, 1.82) is 0 Å². The van der Waals surface area contributed by atoms with E-state index in [1.54, 1.807) is 42.5 Å². The van der Waals surface area contributed by atoms with Gasteiger partial charge in [0, 0.05) is 19.5 Å². The summed E-state index contributed by atoms with van der Waals surface area (Å²) in [6, 6.07) is 19.6. The number of amides is 1. The number of carbonyl (C=O) groups is 1. The van der Waals surface area contributed by atoms with E-state index in [9.17, 15) is 17.6 Å². The maximum Gasteiger partial charge on any atom is 0.243 e. The van der Waals surface area contributed by atoms with Crippen LogP contribution in [-0.4, -0.2) is 44.9 Å². The van der Waals surface area contributed by atoms with Crippen LogP contribution in [0, 0.1) is 5.82 Å². The highest BCUT2D eigenvalue weighted by Gasteiger charge is 2.27. The number of nitrogens with one attached hydrogen (secondary N) is 1. The number of para-hydroxylation sites is 1. The quantitative estimate of drug-likeness (QED) is 0.518. The third-order valence-electron chi connectivity index (χ3n) is 5.38. The van der Waals surface area contributed by atoms with E-state index < -0.39 is 10.0 Å². The van der Waals surface area contributed by atoms with Crippen LogP contribution in [-0.2, 0) is 26.0 Å². The van der Waals surface area contributed by atoms with Crippen LogP contribution in [0.15, 0.2) is 77.7 Å². The fourth-order valence-electron chi connectivity index (χ4n) is 3.57. The summed E-state index contributed by atoms with van der Waals surface area (Å²) in [7, 11) is -3.77. The number of morpholine rings is 1. The fourth-order valence-corrected chi connectivity index (χ4v) is 5.00. The van der Waals surface area contributed by atoms with Crippen LogP contribution in [0.2, 0.25) is 0 Å². The Morgan fingerprint density at radius 2 is 1.71 bits per heavy atom. The first-order chi connectivity index (χ1) is 16.4. The molecule has 1 saturated heterocycles. The molecule has 0 aromatic heterocycles. The summed E-state index contributed by atoms with van der Waals surface area (Å²) >= 11 is 0. The van der Waals surface area contributed by atoms with Gasteiger partial charge in [-0.1, -0.05) is 36.4 Å². The molecule has 34 heavy (non-hydrogen) atoms. The second-order valence-corrected chi connectivity index (χ2v) is 9.67. The van der Waals surface area contributed by atoms with Gasteiger partial charge in [0.1, 0.15) is 11.6 Å². The van der Waals surface area contributed by atoms with Gasteiger partial charge in [-0.25, -0.2) is 12.8 Å². The Morgan fingerprint density at radius 1 is 1.00 bits per heavy atom. The molecule has 0 atom stereocenters. The predicted octanol–water partition coefficient (Wildman–Crippen LogP) is 4.21. The van der Waals surface area contributed by atoms with Crippen molar-refractivity contribution in [2.45, 2.75) is 17.7 Å². The van der Waals surface area contributed by atoms with E-state index in [-0.39, 0.29) is 48.2 Å². The molecule has 1 aliphatic rings. The topological polar surface area (TPSA) is 84.9 Å². The zero-order valence-electron chi connectivity index (χ0n) is 18.4. The van der Waals surface area contributed by atoms with Crippen molar-refractivity contribution in [1.82, 2.24) is 4.31 Å². The lowest BCUT2D eigenvalue weighted by Gasteiger charge is -2.26. The summed E-state index contributed by atoms with van der Waals surface area (Å²) in [6.45, 7) is 1.17. The van der Waals surface area contributed by atoms with Gasteiger partial charge in [-0.05, 0) is 48.4 Å². The first-order valence-corrected chi connectivity index (χ1v) is 12.4. The van der Waals surface area contributed by atoms with Crippen LogP contribution in [0.5, 0.6) is 11.5 Å². The van der Waals surface area contributed by atoms with Crippen molar-refractivity contribution in [3.63, 3.8) is 0 Å². The molecule has 178 valence electrons. The number of sulfonamides is 1. The standard InChI is InChI=1S/C25H25FN2O5S/c26-22-9-5-4-6-19(22)10-13-25(29)27-23-18-21(34(30,31)28-14-16-32-17-15-28)11-12-24(23)33-20-7-2-1-3-8-20/h1-9,11-12,18H,10,13-17H2,(H,27,29). The molecule has 9 heteroatoms. The Balaban J connectivity index is 1.58. The Labute approximate surface area is 198 Å². The van der Waals surface area contributed by atoms with Gasteiger partial charge in [-0.15, -0.1) is 0 Å². The number of halogens is 1. The van der Waals surface area contributed by atoms with Crippen molar-refractivity contribution in [2.24, 2.45) is 0 Å². The molecule has 0 spiro atoms. The van der Waals surface area contributed by atoms with Crippen molar-refractivity contribution >= 4 is 21.6 Å². The molecule has 1 fully saturated rings. The lowest BCUT2D eigenvalue weighted by Crippen LogP contribution is -2.40. The summed E-state index contributed by atoms with van der Waals surface area (Å²) in [6.07, 6.45) is 0.227. The third kappa shape index (κ3) is 5.80. The van der Waals surface area contributed by atoms with E-state index in [0.29, 0.717) is 30.3 Å². The van der Waals surface area contributed by atoms with Crippen LogP contribution in [0.3, 0.4) is 0 Å². The minimum Gasteiger partial charge on any atom is -0.455 e. The molecule has 0 radical (unpaired) electrons. The van der Waals surface area contributed by atoms with Crippen LogP contribution in [0.25, 0.3) is 0 Å². The number of carbonyl (C=O) groups excluding carboxylic acids is 1. The average molecular weight is 485 g/mol. The molecule has 0 unspecified atom stereocenters. The van der Waals surface area contributed by atoms with Gasteiger partial charge in [0.25, 0.3) is 0 Å². The normalized spacial score (nSPS) is 14.5. The average Bonchev–Trinajstić information content (AvgIpc) is 2.86. The van der Waals surface area contributed by atoms with Gasteiger partial charge in [0.15, 0.2) is 5.75 Å². The van der Waals surface area contributed by atoms with E-state index in [0.717, 1.165) is 0 Å². The van der Waals surface area contributed by atoms with Crippen molar-refractivity contribution in [3.8, 4) is 11.5 Å². The van der Waals surface area contributed by atoms with Crippen LogP contribution >= 0.6 is 0 Å². The highest BCUT2D eigenvalue weighted by atomic mass is 32.2. The summed E-state index contributed by atoms with van der Waals surface area (Å²) in [5, 5.41) is 2.74. The van der Waals surface area contributed by atoms with Gasteiger partial charge >= 0.3 is 0 Å². The van der Waals surface area contributed by atoms with Crippen LogP contribution < -0.4 is 10.1 Å². The Morgan fingerprint density at radius 3 is 2.44 bits per heavy atom. The molecule has 3 aromatic carbocycles. The lowest BCUT2D eigenvalue weighted by atomic mass is 10.1. The van der Waals surface area contributed by atoms with E-state index >= 15 is 0 Å². The SMILES string of the molecule is O=C(CCc1ccccc1F)Nc1cc(S(=O)(=O)N2CCOCC2)ccc1Oc1ccccc1. The van der Waals surface area contributed by atoms with E-state index in [1.807, 2.05) is 6.07 Å². The lowest BCUT2D eigenvalue weighted by molar-refractivity contribution is -0.116. The molecule has 3 aromatic rings. The Kier molecular flexibility index (Phi) is 7.56. The number of ether oxygens (including phenoxy) is 2. The number of hydrogen-bond donors (Lipinski definition) is 1. The largest absolute Gasteiger partial charge is 0.455 e. The summed E-state index contributed by atoms with van der Waals surface area (Å²) in [4.78, 5) is 12.7. The van der Waals surface area contributed by atoms with Gasteiger partial charge in [0.05, 0.1) is 23.8 Å². The predicted molar refractivity (Wildman–Crippen MR) is 126 cm³/mol. The van der Waals surface area contributed by atoms with E-state index in [1.165, 1.54) is 28.6 Å². The van der Waals surface area contributed by atoms with E-state index in [4.69, 9.17) is 9.47 Å². The monoisotopic (exact) mass is 484 g/mol. The molecule has 1 heterocycles. The number of aryl methyl sites for hydroxylation is 1. The van der Waals surface area contributed by atoms with Gasteiger partial charge in [-0.3, -0.25) is 4.79 Å². The first-order valence-electron chi connectivity index (χ1n) is 10.9. The molecule has 0 saturated carbocycles. The molecule has 0 aliphatic carbocycles. The molecular weight excluding hydrogens is 459 g/mol. The molecule has 0 bridgehead atoms. The fraction of sp³-hybridized carbons (Fsp3) is 0.240. The zero-order valence-corrected chi connectivity index (χ0v) is 19.3. The third-order valence-corrected chi connectivity index (χ3v) is 7.28. The number of nitrogens with zero attached hydrogens (tertiary/aromatic N) is 1. The number of hydrogen-bond acceptors (Lipinski definition) is 5. The van der Waals surface area contributed by atoms with Crippen LogP contribution in [0.4, 0.5) is 10.1 Å². The van der Waals surface area contributed by atoms with Crippen molar-refractivity contribution in [3.05, 3.63) is 84.2 Å². The summed E-state index contributed by atoms with van der Waals surface area (Å²) < 4.78 is 52.7. The number of benzene rings is 3. The number of rotatable bonds is 8. The maximum atomic E-state index is 13.9. The maximum absolute atomic E-state index is 13.9. The number of anilines is 1. The Bertz CT molecular complexity index is 1250. The molecule has 7 nitrogen and oxygen atoms in total. The first kappa shape index (κ1) is 23.9.